The minimum atomic E-state index is -1.04. The van der Waals surface area contributed by atoms with E-state index in [-0.39, 0.29) is 11.5 Å². The number of aromatic nitrogens is 1. The second-order valence-corrected chi connectivity index (χ2v) is 3.55. The summed E-state index contributed by atoms with van der Waals surface area (Å²) in [6, 6.07) is 6.92. The van der Waals surface area contributed by atoms with Crippen LogP contribution in [0.25, 0.3) is 10.8 Å². The van der Waals surface area contributed by atoms with Crippen LogP contribution in [0.4, 0.5) is 5.82 Å². The highest BCUT2D eigenvalue weighted by atomic mass is 16.4. The highest BCUT2D eigenvalue weighted by Crippen LogP contribution is 2.24. The molecule has 5 heteroatoms. The van der Waals surface area contributed by atoms with Crippen LogP contribution in [0.2, 0.25) is 0 Å². The summed E-state index contributed by atoms with van der Waals surface area (Å²) < 4.78 is 0. The number of nitrogens with zero attached hydrogens (tertiary/aromatic N) is 1. The van der Waals surface area contributed by atoms with E-state index < -0.39 is 5.97 Å². The maximum atomic E-state index is 11.0. The number of amides is 1. The molecule has 0 radical (unpaired) electrons. The summed E-state index contributed by atoms with van der Waals surface area (Å²) >= 11 is 0. The van der Waals surface area contributed by atoms with E-state index in [2.05, 4.69) is 10.3 Å². The van der Waals surface area contributed by atoms with Crippen molar-refractivity contribution in [1.82, 2.24) is 4.98 Å². The molecule has 86 valence electrons. The highest BCUT2D eigenvalue weighted by Gasteiger charge is 2.12. The van der Waals surface area contributed by atoms with Gasteiger partial charge in [-0.3, -0.25) is 4.79 Å². The molecule has 5 nitrogen and oxygen atoms in total. The fourth-order valence-corrected chi connectivity index (χ4v) is 1.63. The zero-order chi connectivity index (χ0) is 12.4. The number of rotatable bonds is 2. The lowest BCUT2D eigenvalue weighted by Gasteiger charge is -2.07. The van der Waals surface area contributed by atoms with Crippen molar-refractivity contribution in [1.29, 1.82) is 0 Å². The summed E-state index contributed by atoms with van der Waals surface area (Å²) in [5.74, 6) is -0.910. The molecular weight excluding hydrogens is 220 g/mol. The van der Waals surface area contributed by atoms with Crippen LogP contribution in [0, 0.1) is 0 Å². The number of carboxylic acid groups (broad SMARTS) is 1. The first-order valence-corrected chi connectivity index (χ1v) is 4.98. The van der Waals surface area contributed by atoms with Gasteiger partial charge in [-0.1, -0.05) is 24.3 Å². The van der Waals surface area contributed by atoms with Crippen LogP contribution >= 0.6 is 0 Å². The Labute approximate surface area is 97.1 Å². The predicted molar refractivity (Wildman–Crippen MR) is 63.0 cm³/mol. The molecule has 0 fully saturated rings. The highest BCUT2D eigenvalue weighted by molar-refractivity contribution is 6.08. The van der Waals surface area contributed by atoms with E-state index in [9.17, 15) is 9.59 Å². The molecule has 2 aromatic rings. The normalized spacial score (nSPS) is 10.2. The van der Waals surface area contributed by atoms with Crippen molar-refractivity contribution in [3.05, 3.63) is 36.0 Å². The van der Waals surface area contributed by atoms with Crippen LogP contribution in [0.1, 0.15) is 17.3 Å². The monoisotopic (exact) mass is 230 g/mol. The smallest absolute Gasteiger partial charge is 0.337 e. The summed E-state index contributed by atoms with van der Waals surface area (Å²) in [4.78, 5) is 26.0. The number of nitrogens with one attached hydrogen (secondary N) is 1. The number of fused-ring (bicyclic) bond motifs is 1. The number of benzene rings is 1. The predicted octanol–water partition coefficient (Wildman–Crippen LogP) is 1.89. The molecule has 0 saturated carbocycles. The van der Waals surface area contributed by atoms with E-state index in [1.807, 2.05) is 0 Å². The molecular formula is C12H10N2O3. The molecule has 0 aliphatic carbocycles. The number of carboxylic acids is 1. The maximum Gasteiger partial charge on any atom is 0.337 e. The molecule has 1 aromatic heterocycles. The van der Waals surface area contributed by atoms with Crippen LogP contribution in [-0.4, -0.2) is 22.0 Å². The van der Waals surface area contributed by atoms with Gasteiger partial charge in [-0.25, -0.2) is 9.78 Å². The van der Waals surface area contributed by atoms with E-state index in [4.69, 9.17) is 5.11 Å². The quantitative estimate of drug-likeness (QED) is 0.825. The van der Waals surface area contributed by atoms with Crippen molar-refractivity contribution in [2.75, 3.05) is 5.32 Å². The fraction of sp³-hybridized carbons (Fsp3) is 0.0833. The van der Waals surface area contributed by atoms with Gasteiger partial charge >= 0.3 is 5.97 Å². The molecule has 1 amide bonds. The lowest BCUT2D eigenvalue weighted by atomic mass is 10.1. The van der Waals surface area contributed by atoms with Crippen LogP contribution in [0.15, 0.2) is 30.5 Å². The Kier molecular flexibility index (Phi) is 2.74. The van der Waals surface area contributed by atoms with E-state index in [0.717, 1.165) is 0 Å². The average molecular weight is 230 g/mol. The fourth-order valence-electron chi connectivity index (χ4n) is 1.63. The molecule has 0 atom stereocenters. The molecule has 0 aliphatic rings. The van der Waals surface area contributed by atoms with Crippen LogP contribution < -0.4 is 5.32 Å². The van der Waals surface area contributed by atoms with Gasteiger partial charge in [0.2, 0.25) is 5.91 Å². The SMILES string of the molecule is CC(=O)Nc1ncc(C(=O)O)c2ccccc12. The lowest BCUT2D eigenvalue weighted by Crippen LogP contribution is -2.09. The summed E-state index contributed by atoms with van der Waals surface area (Å²) in [6.45, 7) is 1.38. The number of carbonyl (C=O) groups excluding carboxylic acids is 1. The summed E-state index contributed by atoms with van der Waals surface area (Å²) in [5.41, 5.74) is 0.120. The Balaban J connectivity index is 2.70. The number of pyridine rings is 1. The van der Waals surface area contributed by atoms with Crippen molar-refractivity contribution in [3.63, 3.8) is 0 Å². The van der Waals surface area contributed by atoms with Gasteiger partial charge in [0.15, 0.2) is 0 Å². The molecule has 2 rings (SSSR count). The zero-order valence-corrected chi connectivity index (χ0v) is 9.10. The molecule has 1 heterocycles. The van der Waals surface area contributed by atoms with E-state index in [0.29, 0.717) is 16.6 Å². The Morgan fingerprint density at radius 1 is 1.24 bits per heavy atom. The molecule has 1 aromatic carbocycles. The van der Waals surface area contributed by atoms with Gasteiger partial charge in [-0.05, 0) is 0 Å². The second-order valence-electron chi connectivity index (χ2n) is 3.55. The van der Waals surface area contributed by atoms with Gasteiger partial charge < -0.3 is 10.4 Å². The Bertz CT molecular complexity index is 608. The Morgan fingerprint density at radius 3 is 2.47 bits per heavy atom. The van der Waals surface area contributed by atoms with E-state index in [1.165, 1.54) is 13.1 Å². The first kappa shape index (κ1) is 11.1. The van der Waals surface area contributed by atoms with Crippen molar-refractivity contribution < 1.29 is 14.7 Å². The van der Waals surface area contributed by atoms with Gasteiger partial charge in [0, 0.05) is 23.9 Å². The van der Waals surface area contributed by atoms with Gasteiger partial charge in [-0.2, -0.15) is 0 Å². The number of carbonyl (C=O) groups is 2. The zero-order valence-electron chi connectivity index (χ0n) is 9.10. The summed E-state index contributed by atoms with van der Waals surface area (Å²) in [6.07, 6.45) is 1.25. The van der Waals surface area contributed by atoms with E-state index in [1.54, 1.807) is 24.3 Å². The van der Waals surface area contributed by atoms with Gasteiger partial charge in [-0.15, -0.1) is 0 Å². The van der Waals surface area contributed by atoms with Crippen LogP contribution in [0.3, 0.4) is 0 Å². The minimum absolute atomic E-state index is 0.120. The van der Waals surface area contributed by atoms with Crippen LogP contribution in [0.5, 0.6) is 0 Å². The Hall–Kier alpha value is -2.43. The summed E-state index contributed by atoms with van der Waals surface area (Å²) in [7, 11) is 0. The maximum absolute atomic E-state index is 11.0. The molecule has 17 heavy (non-hydrogen) atoms. The standard InChI is InChI=1S/C12H10N2O3/c1-7(15)14-11-9-5-3-2-4-8(9)10(6-13-11)12(16)17/h2-6H,1H3,(H,16,17)(H,13,14,15). The number of hydrogen-bond acceptors (Lipinski definition) is 3. The minimum Gasteiger partial charge on any atom is -0.478 e. The van der Waals surface area contributed by atoms with Crippen molar-refractivity contribution in [3.8, 4) is 0 Å². The molecule has 0 saturated heterocycles. The lowest BCUT2D eigenvalue weighted by molar-refractivity contribution is -0.114. The molecule has 0 spiro atoms. The number of anilines is 1. The van der Waals surface area contributed by atoms with Crippen LogP contribution in [-0.2, 0) is 4.79 Å². The van der Waals surface area contributed by atoms with Gasteiger partial charge in [0.25, 0.3) is 0 Å². The summed E-state index contributed by atoms with van der Waals surface area (Å²) in [5, 5.41) is 12.8. The van der Waals surface area contributed by atoms with Crippen molar-refractivity contribution in [2.24, 2.45) is 0 Å². The molecule has 2 N–H and O–H groups in total. The first-order valence-electron chi connectivity index (χ1n) is 4.98. The van der Waals surface area contributed by atoms with Crippen molar-refractivity contribution in [2.45, 2.75) is 6.92 Å². The third kappa shape index (κ3) is 2.08. The molecule has 0 unspecified atom stereocenters. The first-order chi connectivity index (χ1) is 8.09. The van der Waals surface area contributed by atoms with E-state index >= 15 is 0 Å². The van der Waals surface area contributed by atoms with Gasteiger partial charge in [0.05, 0.1) is 5.56 Å². The topological polar surface area (TPSA) is 79.3 Å². The largest absolute Gasteiger partial charge is 0.478 e. The third-order valence-electron chi connectivity index (χ3n) is 2.32. The average Bonchev–Trinajstić information content (AvgIpc) is 2.28. The number of hydrogen-bond donors (Lipinski definition) is 2. The molecule has 0 aliphatic heterocycles. The number of aromatic carboxylic acids is 1. The Morgan fingerprint density at radius 2 is 1.88 bits per heavy atom. The third-order valence-corrected chi connectivity index (χ3v) is 2.32. The van der Waals surface area contributed by atoms with Crippen molar-refractivity contribution >= 4 is 28.5 Å². The second kappa shape index (κ2) is 4.21. The molecule has 0 bridgehead atoms. The van der Waals surface area contributed by atoms with Gasteiger partial charge in [0.1, 0.15) is 5.82 Å².